The zero-order chi connectivity index (χ0) is 56.5. The molecule has 0 spiro atoms. The van der Waals surface area contributed by atoms with Crippen molar-refractivity contribution in [1.29, 1.82) is 0 Å². The van der Waals surface area contributed by atoms with Crippen LogP contribution in [0.25, 0.3) is 0 Å². The van der Waals surface area contributed by atoms with Gasteiger partial charge in [-0.2, -0.15) is 0 Å². The highest BCUT2D eigenvalue weighted by Gasteiger charge is 2.45. The molecule has 1 aromatic rings. The number of carboxylic acid groups (broad SMARTS) is 1. The summed E-state index contributed by atoms with van der Waals surface area (Å²) < 4.78 is 11.2. The van der Waals surface area contributed by atoms with Crippen molar-refractivity contribution in [3.8, 4) is 0 Å². The maximum absolute atomic E-state index is 14.2. The van der Waals surface area contributed by atoms with Gasteiger partial charge < -0.3 is 94.7 Å². The lowest BCUT2D eigenvalue weighted by Gasteiger charge is -2.40. The highest BCUT2D eigenvalue weighted by atomic mass is 16.7. The standard InChI is InChI=1S/C46H73N11O18/c1-5-22(2)36(53-24(4)59)45(73)52-23(3)41(69)50-19-34(62)55-30(17-25-9-7-6-8-10-25)44(72)57-28(12-11-26(18-47)74-46-39(67)38(66)37(65)31(21-58)75-46)42(70)51-20-33(61)54-29(14-16-35(63)64)43(71)56-27(40(49)68)13-15-32(48)60/h6-10,22-23,26-31,36-39,46,58,65-67H,5,11-21,47H2,1-4H3,(H2,48,60)(H2,49,68)(H,50,69)(H,51,70)(H,52,73)(H,53,59)(H,54,61)(H,55,62)(H,56,71)(H,57,72)(H,63,64)/t22-,23-,26+,27-,28-,29-,30-,31+,36-,37-,38-,39+,46+/m0/s1. The third-order valence-corrected chi connectivity index (χ3v) is 11.9. The number of aliphatic carboxylic acids is 1. The third kappa shape index (κ3) is 22.6. The lowest BCUT2D eigenvalue weighted by Crippen LogP contribution is -2.60. The van der Waals surface area contributed by atoms with E-state index in [1.165, 1.54) is 13.8 Å². The van der Waals surface area contributed by atoms with Crippen LogP contribution >= 0.6 is 0 Å². The van der Waals surface area contributed by atoms with Gasteiger partial charge in [0.25, 0.3) is 0 Å². The van der Waals surface area contributed by atoms with Crippen molar-refractivity contribution >= 4 is 65.0 Å². The van der Waals surface area contributed by atoms with Gasteiger partial charge in [-0.15, -0.1) is 0 Å². The Morgan fingerprint density at radius 3 is 1.77 bits per heavy atom. The maximum Gasteiger partial charge on any atom is 0.303 e. The van der Waals surface area contributed by atoms with Crippen LogP contribution < -0.4 is 59.7 Å². The van der Waals surface area contributed by atoms with Crippen molar-refractivity contribution in [1.82, 2.24) is 42.5 Å². The van der Waals surface area contributed by atoms with Crippen molar-refractivity contribution in [2.45, 2.75) is 152 Å². The van der Waals surface area contributed by atoms with E-state index >= 15 is 0 Å². The number of aliphatic hydroxyl groups is 4. The van der Waals surface area contributed by atoms with Crippen LogP contribution in [0.15, 0.2) is 30.3 Å². The smallest absolute Gasteiger partial charge is 0.303 e. The van der Waals surface area contributed by atoms with Crippen LogP contribution in [0.5, 0.6) is 0 Å². The van der Waals surface area contributed by atoms with Crippen molar-refractivity contribution in [3.63, 3.8) is 0 Å². The molecule has 75 heavy (non-hydrogen) atoms. The van der Waals surface area contributed by atoms with Gasteiger partial charge in [0.05, 0.1) is 25.8 Å². The molecule has 1 aliphatic rings. The first-order valence-corrected chi connectivity index (χ1v) is 24.1. The Labute approximate surface area is 431 Å². The van der Waals surface area contributed by atoms with Crippen LogP contribution in [-0.4, -0.2) is 190 Å². The van der Waals surface area contributed by atoms with Crippen LogP contribution in [-0.2, 0) is 68.6 Å². The molecule has 1 aliphatic heterocycles. The lowest BCUT2D eigenvalue weighted by atomic mass is 9.98. The Morgan fingerprint density at radius 1 is 0.667 bits per heavy atom. The summed E-state index contributed by atoms with van der Waals surface area (Å²) in [7, 11) is 0. The van der Waals surface area contributed by atoms with Gasteiger partial charge >= 0.3 is 5.97 Å². The minimum Gasteiger partial charge on any atom is -0.481 e. The number of amides is 10. The number of hydrogen-bond donors (Lipinski definition) is 16. The van der Waals surface area contributed by atoms with Crippen LogP contribution in [0, 0.1) is 5.92 Å². The molecule has 2 rings (SSSR count). The van der Waals surface area contributed by atoms with E-state index in [1.54, 1.807) is 37.3 Å². The molecule has 19 N–H and O–H groups in total. The summed E-state index contributed by atoms with van der Waals surface area (Å²) in [5.41, 5.74) is 17.0. The molecule has 1 heterocycles. The first-order valence-electron chi connectivity index (χ1n) is 24.1. The van der Waals surface area contributed by atoms with Gasteiger partial charge in [0.1, 0.15) is 60.7 Å². The highest BCUT2D eigenvalue weighted by Crippen LogP contribution is 2.24. The molecule has 29 heteroatoms. The van der Waals surface area contributed by atoms with E-state index in [2.05, 4.69) is 42.5 Å². The molecule has 1 fully saturated rings. The van der Waals surface area contributed by atoms with Crippen LogP contribution in [0.4, 0.5) is 0 Å². The van der Waals surface area contributed by atoms with Crippen molar-refractivity contribution in [2.75, 3.05) is 26.2 Å². The first-order chi connectivity index (χ1) is 35.3. The molecular weight excluding hydrogens is 995 g/mol. The molecule has 420 valence electrons. The number of primary amides is 2. The summed E-state index contributed by atoms with van der Waals surface area (Å²) in [6, 6.07) is 0.00492. The molecule has 29 nitrogen and oxygen atoms in total. The van der Waals surface area contributed by atoms with Crippen molar-refractivity contribution in [2.24, 2.45) is 23.1 Å². The molecule has 0 bridgehead atoms. The number of nitrogens with one attached hydrogen (secondary N) is 8. The zero-order valence-corrected chi connectivity index (χ0v) is 42.2. The zero-order valence-electron chi connectivity index (χ0n) is 42.2. The SMILES string of the molecule is CC[C@H](C)[C@H](NC(C)=O)C(=O)N[C@@H](C)C(=O)NCC(=O)N[C@@H](Cc1ccccc1)C(=O)N[C@@H](CC[C@H](CN)O[C@@H]1O[C@H](CO)[C@H](O)[C@H](O)[C@H]1O)C(=O)NCC(=O)N[C@@H](CCC(=O)O)C(=O)N[C@@H](CCC(N)=O)C(N)=O. The number of aliphatic hydroxyl groups excluding tert-OH is 4. The van der Waals surface area contributed by atoms with Crippen LogP contribution in [0.2, 0.25) is 0 Å². The fourth-order valence-electron chi connectivity index (χ4n) is 7.34. The number of rotatable bonds is 33. The Hall–Kier alpha value is -6.89. The minimum atomic E-state index is -1.83. The highest BCUT2D eigenvalue weighted by molar-refractivity contribution is 5.97. The summed E-state index contributed by atoms with van der Waals surface area (Å²) >= 11 is 0. The van der Waals surface area contributed by atoms with Gasteiger partial charge in [-0.05, 0) is 44.1 Å². The molecule has 0 aromatic heterocycles. The second kappa shape index (κ2) is 32.4. The average molecular weight is 1070 g/mol. The van der Waals surface area contributed by atoms with Gasteiger partial charge in [0.2, 0.25) is 59.1 Å². The Morgan fingerprint density at radius 2 is 1.23 bits per heavy atom. The van der Waals surface area contributed by atoms with Crippen molar-refractivity contribution < 1.29 is 87.7 Å². The predicted octanol–water partition coefficient (Wildman–Crippen LogP) is -7.00. The van der Waals surface area contributed by atoms with Gasteiger partial charge in [0, 0.05) is 32.7 Å². The number of hydrogen-bond acceptors (Lipinski definition) is 18. The van der Waals surface area contributed by atoms with Gasteiger partial charge in [0.15, 0.2) is 6.29 Å². The fourth-order valence-corrected chi connectivity index (χ4v) is 7.34. The second-order valence-corrected chi connectivity index (χ2v) is 17.9. The van der Waals surface area contributed by atoms with Gasteiger partial charge in [-0.3, -0.25) is 52.7 Å². The fraction of sp³-hybridized carbons (Fsp3) is 0.630. The van der Waals surface area contributed by atoms with E-state index in [9.17, 15) is 78.3 Å². The topological polar surface area (TPSA) is 482 Å². The summed E-state index contributed by atoms with van der Waals surface area (Å²) in [6.45, 7) is 3.43. The third-order valence-electron chi connectivity index (χ3n) is 11.9. The van der Waals surface area contributed by atoms with E-state index in [-0.39, 0.29) is 44.6 Å². The summed E-state index contributed by atoms with van der Waals surface area (Å²) in [5.74, 6) is -10.5. The Balaban J connectivity index is 2.38. The maximum atomic E-state index is 14.2. The number of benzene rings is 1. The quantitative estimate of drug-likeness (QED) is 0.0311. The lowest BCUT2D eigenvalue weighted by molar-refractivity contribution is -0.310. The van der Waals surface area contributed by atoms with Crippen molar-refractivity contribution in [3.05, 3.63) is 35.9 Å². The molecule has 0 aliphatic carbocycles. The predicted molar refractivity (Wildman–Crippen MR) is 260 cm³/mol. The number of carbonyl (C=O) groups excluding carboxylic acids is 10. The molecular formula is C46H73N11O18. The van der Waals surface area contributed by atoms with E-state index in [0.717, 1.165) is 0 Å². The molecule has 0 saturated carbocycles. The van der Waals surface area contributed by atoms with E-state index in [0.29, 0.717) is 12.0 Å². The van der Waals surface area contributed by atoms with E-state index in [1.807, 2.05) is 6.92 Å². The van der Waals surface area contributed by atoms with E-state index < -0.39 is 171 Å². The monoisotopic (exact) mass is 1070 g/mol. The first kappa shape index (κ1) is 64.2. The number of carbonyl (C=O) groups is 11. The van der Waals surface area contributed by atoms with Gasteiger partial charge in [-0.1, -0.05) is 50.6 Å². The minimum absolute atomic E-state index is 0.180. The average Bonchev–Trinajstić information content (AvgIpc) is 3.36. The van der Waals surface area contributed by atoms with Crippen LogP contribution in [0.3, 0.4) is 0 Å². The molecule has 10 amide bonds. The van der Waals surface area contributed by atoms with E-state index in [4.69, 9.17) is 26.7 Å². The number of carboxylic acids is 1. The molecule has 1 aromatic carbocycles. The largest absolute Gasteiger partial charge is 0.481 e. The second-order valence-electron chi connectivity index (χ2n) is 17.9. The van der Waals surface area contributed by atoms with Gasteiger partial charge in [-0.25, -0.2) is 0 Å². The summed E-state index contributed by atoms with van der Waals surface area (Å²) in [4.78, 5) is 141. The molecule has 13 atom stereocenters. The van der Waals surface area contributed by atoms with Crippen LogP contribution in [0.1, 0.15) is 78.2 Å². The Kier molecular flexibility index (Phi) is 27.8. The molecule has 0 unspecified atom stereocenters. The molecule has 0 radical (unpaired) electrons. The molecule has 1 saturated heterocycles. The number of ether oxygens (including phenoxy) is 2. The summed E-state index contributed by atoms with van der Waals surface area (Å²) in [6.07, 6.45) is -11.6. The normalized spacial score (nSPS) is 20.4. The Bertz CT molecular complexity index is 2120. The number of nitrogens with two attached hydrogens (primary N) is 3. The summed E-state index contributed by atoms with van der Waals surface area (Å²) in [5, 5.41) is 69.3.